The van der Waals surface area contributed by atoms with E-state index >= 15 is 0 Å². The van der Waals surface area contributed by atoms with E-state index in [4.69, 9.17) is 9.84 Å². The number of amides is 1. The van der Waals surface area contributed by atoms with Gasteiger partial charge in [-0.05, 0) is 17.3 Å². The van der Waals surface area contributed by atoms with E-state index in [0.717, 1.165) is 0 Å². The zero-order valence-electron chi connectivity index (χ0n) is 11.1. The zero-order chi connectivity index (χ0) is 15.2. The maximum Gasteiger partial charge on any atom is 0.328 e. The lowest BCUT2D eigenvalue weighted by atomic mass is 10.1. The van der Waals surface area contributed by atoms with Crippen LogP contribution in [0.4, 0.5) is 0 Å². The van der Waals surface area contributed by atoms with Crippen LogP contribution < -0.4 is 5.32 Å². The van der Waals surface area contributed by atoms with Crippen LogP contribution >= 0.6 is 0 Å². The van der Waals surface area contributed by atoms with E-state index in [1.54, 1.807) is 24.3 Å². The molecule has 1 atom stereocenters. The number of carbonyl (C=O) groups is 2. The highest BCUT2D eigenvalue weighted by Crippen LogP contribution is 2.13. The van der Waals surface area contributed by atoms with E-state index < -0.39 is 17.9 Å². The summed E-state index contributed by atoms with van der Waals surface area (Å²) < 4.78 is 4.75. The number of nitrogens with one attached hydrogen (secondary N) is 2. The van der Waals surface area contributed by atoms with Gasteiger partial charge < -0.3 is 15.2 Å². The van der Waals surface area contributed by atoms with Gasteiger partial charge in [0.15, 0.2) is 6.04 Å². The predicted octanol–water partition coefficient (Wildman–Crippen LogP) is -0.304. The highest BCUT2D eigenvalue weighted by atomic mass is 16.5. The zero-order valence-corrected chi connectivity index (χ0v) is 11.1. The first-order chi connectivity index (χ1) is 10.1. The molecule has 1 aromatic heterocycles. The second kappa shape index (κ2) is 6.57. The number of aromatic amines is 1. The Morgan fingerprint density at radius 3 is 2.62 bits per heavy atom. The van der Waals surface area contributed by atoms with Crippen molar-refractivity contribution in [2.45, 2.75) is 6.04 Å². The van der Waals surface area contributed by atoms with Crippen molar-refractivity contribution in [1.82, 2.24) is 25.9 Å². The molecule has 110 valence electrons. The van der Waals surface area contributed by atoms with Crippen LogP contribution in [-0.4, -0.2) is 57.4 Å². The van der Waals surface area contributed by atoms with Crippen LogP contribution in [0.15, 0.2) is 24.3 Å². The number of methoxy groups -OCH3 is 1. The molecule has 0 fully saturated rings. The number of hydrogen-bond donors (Lipinski definition) is 3. The molecule has 0 aliphatic heterocycles. The first kappa shape index (κ1) is 14.6. The Morgan fingerprint density at radius 1 is 1.38 bits per heavy atom. The minimum Gasteiger partial charge on any atom is -0.480 e. The fourth-order valence-corrected chi connectivity index (χ4v) is 1.64. The Morgan fingerprint density at radius 2 is 2.10 bits per heavy atom. The Hall–Kier alpha value is -2.81. The first-order valence-corrected chi connectivity index (χ1v) is 5.98. The third-order valence-corrected chi connectivity index (χ3v) is 2.69. The van der Waals surface area contributed by atoms with Crippen LogP contribution in [0, 0.1) is 0 Å². The SMILES string of the molecule is COCC(NC(=O)c1ccc(-c2nn[nH]n2)cc1)C(=O)O. The molecule has 1 unspecified atom stereocenters. The van der Waals surface area contributed by atoms with E-state index in [2.05, 4.69) is 25.9 Å². The number of tetrazole rings is 1. The largest absolute Gasteiger partial charge is 0.480 e. The van der Waals surface area contributed by atoms with Crippen LogP contribution in [-0.2, 0) is 9.53 Å². The smallest absolute Gasteiger partial charge is 0.328 e. The molecule has 3 N–H and O–H groups in total. The van der Waals surface area contributed by atoms with Gasteiger partial charge in [-0.25, -0.2) is 4.79 Å². The van der Waals surface area contributed by atoms with Gasteiger partial charge in [0.1, 0.15) is 0 Å². The maximum atomic E-state index is 12.0. The van der Waals surface area contributed by atoms with Gasteiger partial charge >= 0.3 is 5.97 Å². The van der Waals surface area contributed by atoms with Crippen LogP contribution in [0.1, 0.15) is 10.4 Å². The van der Waals surface area contributed by atoms with Gasteiger partial charge in [-0.2, -0.15) is 5.21 Å². The summed E-state index contributed by atoms with van der Waals surface area (Å²) in [5.41, 5.74) is 1.01. The number of rotatable bonds is 6. The Balaban J connectivity index is 2.07. The molecular weight excluding hydrogens is 278 g/mol. The minimum absolute atomic E-state index is 0.109. The fraction of sp³-hybridized carbons (Fsp3) is 0.250. The van der Waals surface area contributed by atoms with Gasteiger partial charge in [0.2, 0.25) is 5.82 Å². The predicted molar refractivity (Wildman–Crippen MR) is 70.4 cm³/mol. The third kappa shape index (κ3) is 3.60. The molecular formula is C12H13N5O4. The van der Waals surface area contributed by atoms with E-state index in [9.17, 15) is 9.59 Å². The molecule has 0 bridgehead atoms. The average molecular weight is 291 g/mol. The van der Waals surface area contributed by atoms with Crippen LogP contribution in [0.5, 0.6) is 0 Å². The molecule has 0 saturated heterocycles. The van der Waals surface area contributed by atoms with Crippen molar-refractivity contribution in [3.63, 3.8) is 0 Å². The molecule has 1 heterocycles. The summed E-state index contributed by atoms with van der Waals surface area (Å²) in [6.07, 6.45) is 0. The molecule has 9 heteroatoms. The van der Waals surface area contributed by atoms with E-state index in [1.807, 2.05) is 0 Å². The Kier molecular flexibility index (Phi) is 4.57. The fourth-order valence-electron chi connectivity index (χ4n) is 1.64. The minimum atomic E-state index is -1.16. The summed E-state index contributed by atoms with van der Waals surface area (Å²) in [5.74, 6) is -1.25. The summed E-state index contributed by atoms with van der Waals surface area (Å²) in [4.78, 5) is 22.9. The van der Waals surface area contributed by atoms with E-state index in [1.165, 1.54) is 7.11 Å². The Labute approximate surface area is 119 Å². The van der Waals surface area contributed by atoms with Crippen LogP contribution in [0.25, 0.3) is 11.4 Å². The second-order valence-corrected chi connectivity index (χ2v) is 4.13. The molecule has 1 amide bonds. The normalized spacial score (nSPS) is 11.9. The standard InChI is InChI=1S/C12H13N5O4/c1-21-6-9(12(19)20)13-11(18)8-4-2-7(3-5-8)10-14-16-17-15-10/h2-5,9H,6H2,1H3,(H,13,18)(H,19,20)(H,14,15,16,17). The highest BCUT2D eigenvalue weighted by Gasteiger charge is 2.20. The van der Waals surface area contributed by atoms with E-state index in [-0.39, 0.29) is 6.61 Å². The van der Waals surface area contributed by atoms with Crippen molar-refractivity contribution in [2.24, 2.45) is 0 Å². The average Bonchev–Trinajstić information content (AvgIpc) is 3.01. The number of benzene rings is 1. The van der Waals surface area contributed by atoms with Crippen LogP contribution in [0.3, 0.4) is 0 Å². The quantitative estimate of drug-likeness (QED) is 0.665. The number of nitrogens with zero attached hydrogens (tertiary/aromatic N) is 3. The van der Waals surface area contributed by atoms with Crippen LogP contribution in [0.2, 0.25) is 0 Å². The van der Waals surface area contributed by atoms with Crippen molar-refractivity contribution in [3.8, 4) is 11.4 Å². The molecule has 0 spiro atoms. The van der Waals surface area contributed by atoms with Gasteiger partial charge in [0.25, 0.3) is 5.91 Å². The van der Waals surface area contributed by atoms with Crippen molar-refractivity contribution in [2.75, 3.05) is 13.7 Å². The third-order valence-electron chi connectivity index (χ3n) is 2.69. The second-order valence-electron chi connectivity index (χ2n) is 4.13. The van der Waals surface area contributed by atoms with Crippen molar-refractivity contribution >= 4 is 11.9 Å². The molecule has 9 nitrogen and oxygen atoms in total. The highest BCUT2D eigenvalue weighted by molar-refractivity contribution is 5.96. The monoisotopic (exact) mass is 291 g/mol. The van der Waals surface area contributed by atoms with Gasteiger partial charge in [0.05, 0.1) is 6.61 Å². The Bertz CT molecular complexity index is 611. The number of H-pyrrole nitrogens is 1. The molecule has 0 saturated carbocycles. The summed E-state index contributed by atoms with van der Waals surface area (Å²) in [6, 6.07) is 5.29. The lowest BCUT2D eigenvalue weighted by molar-refractivity contribution is -0.140. The number of hydrogen-bond acceptors (Lipinski definition) is 6. The molecule has 21 heavy (non-hydrogen) atoms. The lowest BCUT2D eigenvalue weighted by Gasteiger charge is -2.13. The van der Waals surface area contributed by atoms with E-state index in [0.29, 0.717) is 17.0 Å². The molecule has 0 radical (unpaired) electrons. The summed E-state index contributed by atoms with van der Waals surface area (Å²) in [7, 11) is 1.36. The van der Waals surface area contributed by atoms with Crippen molar-refractivity contribution < 1.29 is 19.4 Å². The van der Waals surface area contributed by atoms with Gasteiger partial charge in [-0.1, -0.05) is 12.1 Å². The summed E-state index contributed by atoms with van der Waals surface area (Å²) in [5, 5.41) is 24.7. The summed E-state index contributed by atoms with van der Waals surface area (Å²) >= 11 is 0. The summed E-state index contributed by atoms with van der Waals surface area (Å²) in [6.45, 7) is -0.109. The van der Waals surface area contributed by atoms with Gasteiger partial charge in [0, 0.05) is 18.2 Å². The number of carboxylic acid groups (broad SMARTS) is 1. The van der Waals surface area contributed by atoms with Gasteiger partial charge in [-0.15, -0.1) is 10.2 Å². The van der Waals surface area contributed by atoms with Gasteiger partial charge in [-0.3, -0.25) is 4.79 Å². The maximum absolute atomic E-state index is 12.0. The molecule has 0 aliphatic rings. The number of aliphatic carboxylic acids is 1. The van der Waals surface area contributed by atoms with Crippen molar-refractivity contribution in [3.05, 3.63) is 29.8 Å². The molecule has 1 aromatic carbocycles. The number of aromatic nitrogens is 4. The number of carbonyl (C=O) groups excluding carboxylic acids is 1. The van der Waals surface area contributed by atoms with Crippen molar-refractivity contribution in [1.29, 1.82) is 0 Å². The lowest BCUT2D eigenvalue weighted by Crippen LogP contribution is -2.43. The first-order valence-electron chi connectivity index (χ1n) is 5.98. The molecule has 2 aromatic rings. The number of carboxylic acids is 1. The molecule has 2 rings (SSSR count). The number of ether oxygens (including phenoxy) is 1. The topological polar surface area (TPSA) is 130 Å². The molecule has 0 aliphatic carbocycles.